The first-order chi connectivity index (χ1) is 19.1. The Morgan fingerprint density at radius 1 is 0.525 bits per heavy atom. The van der Waals surface area contributed by atoms with Crippen LogP contribution in [0.15, 0.2) is 36.5 Å². The van der Waals surface area contributed by atoms with Gasteiger partial charge in [0.2, 0.25) is 0 Å². The Balaban J connectivity index is 1.20. The molecule has 0 saturated carbocycles. The Morgan fingerprint density at radius 2 is 0.800 bits per heavy atom. The van der Waals surface area contributed by atoms with E-state index in [2.05, 4.69) is 0 Å². The lowest BCUT2D eigenvalue weighted by molar-refractivity contribution is -0.152. The van der Waals surface area contributed by atoms with Crippen LogP contribution in [-0.2, 0) is 66.7 Å². The summed E-state index contributed by atoms with van der Waals surface area (Å²) < 4.78 is 43.2. The number of carbonyl (C=O) groups excluding carboxylic acids is 5. The van der Waals surface area contributed by atoms with Gasteiger partial charge in [-0.05, 0) is 13.0 Å². The fourth-order valence-electron chi connectivity index (χ4n) is 4.48. The first-order valence-corrected chi connectivity index (χ1v) is 12.2. The lowest BCUT2D eigenvalue weighted by atomic mass is 10.1. The first kappa shape index (κ1) is 29.1. The lowest BCUT2D eigenvalue weighted by Gasteiger charge is -2.16. The minimum Gasteiger partial charge on any atom is -0.478 e. The van der Waals surface area contributed by atoms with Crippen molar-refractivity contribution in [1.29, 1.82) is 0 Å². The number of rotatable bonds is 10. The summed E-state index contributed by atoms with van der Waals surface area (Å²) in [4.78, 5) is 69.5. The third-order valence-electron chi connectivity index (χ3n) is 6.17. The molecule has 0 aromatic carbocycles. The Hall–Kier alpha value is -3.92. The highest BCUT2D eigenvalue weighted by molar-refractivity contribution is 5.94. The summed E-state index contributed by atoms with van der Waals surface area (Å²) in [5, 5.41) is 8.58. The highest BCUT2D eigenvalue weighted by atomic mass is 16.7. The molecule has 40 heavy (non-hydrogen) atoms. The predicted molar refractivity (Wildman–Crippen MR) is 124 cm³/mol. The molecule has 4 fully saturated rings. The summed E-state index contributed by atoms with van der Waals surface area (Å²) in [5.41, 5.74) is 0. The highest BCUT2D eigenvalue weighted by Gasteiger charge is 2.52. The van der Waals surface area contributed by atoms with Crippen LogP contribution in [0, 0.1) is 0 Å². The minimum atomic E-state index is -1.31. The van der Waals surface area contributed by atoms with E-state index in [4.69, 9.17) is 43.0 Å². The van der Waals surface area contributed by atoms with Gasteiger partial charge in [0.05, 0.1) is 26.4 Å². The third kappa shape index (κ3) is 7.38. The molecule has 0 unspecified atom stereocenters. The maximum absolute atomic E-state index is 12.3. The fraction of sp³-hybridized carbons (Fsp3) is 0.520. The van der Waals surface area contributed by atoms with Crippen molar-refractivity contribution in [3.05, 3.63) is 36.5 Å². The number of ketones is 1. The average Bonchev–Trinajstić information content (AvgIpc) is 3.66. The van der Waals surface area contributed by atoms with Gasteiger partial charge < -0.3 is 43.0 Å². The Kier molecular flexibility index (Phi) is 9.42. The zero-order valence-corrected chi connectivity index (χ0v) is 21.1. The summed E-state index contributed by atoms with van der Waals surface area (Å²) in [6.45, 7) is 1.19. The molecular formula is C25H26O15. The SMILES string of the molecule is CC(=O)/C=C/C(=O)O[C@H]1CO[C@H]2[C@@H]1OC[C@H]2OC(=O)/C=C/C(=O)O[C@H]1CO[C@H]2[C@@H]1OC[C@H]2OC(=O)/C=C/C(=O)O. The second-order valence-corrected chi connectivity index (χ2v) is 9.04. The van der Waals surface area contributed by atoms with E-state index in [0.717, 1.165) is 30.4 Å². The zero-order chi connectivity index (χ0) is 28.8. The molecule has 0 aromatic heterocycles. The Labute approximate surface area is 226 Å². The summed E-state index contributed by atoms with van der Waals surface area (Å²) in [7, 11) is 0. The first-order valence-electron chi connectivity index (χ1n) is 12.2. The molecule has 1 N–H and O–H groups in total. The molecule has 0 aromatic rings. The van der Waals surface area contributed by atoms with E-state index >= 15 is 0 Å². The van der Waals surface area contributed by atoms with Gasteiger partial charge >= 0.3 is 29.8 Å². The van der Waals surface area contributed by atoms with Crippen LogP contribution in [0.5, 0.6) is 0 Å². The second kappa shape index (κ2) is 13.0. The Bertz CT molecular complexity index is 1040. The van der Waals surface area contributed by atoms with Gasteiger partial charge in [0.25, 0.3) is 0 Å². The van der Waals surface area contributed by atoms with Crippen molar-refractivity contribution in [3.63, 3.8) is 0 Å². The fourth-order valence-corrected chi connectivity index (χ4v) is 4.48. The van der Waals surface area contributed by atoms with Crippen molar-refractivity contribution in [1.82, 2.24) is 0 Å². The summed E-state index contributed by atoms with van der Waals surface area (Å²) in [6, 6.07) is 0. The van der Waals surface area contributed by atoms with Crippen LogP contribution < -0.4 is 0 Å². The summed E-state index contributed by atoms with van der Waals surface area (Å²) >= 11 is 0. The molecule has 216 valence electrons. The number of carboxylic acids is 1. The van der Waals surface area contributed by atoms with Gasteiger partial charge in [0, 0.05) is 30.4 Å². The van der Waals surface area contributed by atoms with Crippen LogP contribution in [0.4, 0.5) is 0 Å². The van der Waals surface area contributed by atoms with Gasteiger partial charge in [-0.3, -0.25) is 4.79 Å². The van der Waals surface area contributed by atoms with Crippen molar-refractivity contribution in [2.75, 3.05) is 26.4 Å². The van der Waals surface area contributed by atoms with E-state index in [9.17, 15) is 28.8 Å². The van der Waals surface area contributed by atoms with Gasteiger partial charge in [-0.1, -0.05) is 0 Å². The molecule has 4 rings (SSSR count). The standard InChI is InChI=1S/C25H26O15/c1-12(26)2-4-18(29)37-13-8-33-24-15(10-35-22(13)24)39-20(31)6-7-21(32)40-16-11-36-23-14(9-34-25(16)23)38-19(30)5-3-17(27)28/h2-7,13-16,22-25H,8-11H2,1H3,(H,27,28)/b4-2+,5-3+,7-6+/t13-,14+,15+,16-,22+,23+,24+,25+/m0/s1. The molecular weight excluding hydrogens is 540 g/mol. The summed E-state index contributed by atoms with van der Waals surface area (Å²) in [5.74, 6) is -4.98. The number of carbonyl (C=O) groups is 6. The third-order valence-corrected chi connectivity index (χ3v) is 6.17. The van der Waals surface area contributed by atoms with Gasteiger partial charge in [-0.25, -0.2) is 24.0 Å². The number of allylic oxidation sites excluding steroid dienone is 1. The van der Waals surface area contributed by atoms with Gasteiger partial charge in [0.1, 0.15) is 24.4 Å². The molecule has 15 nitrogen and oxygen atoms in total. The van der Waals surface area contributed by atoms with Crippen LogP contribution in [-0.4, -0.2) is 116 Å². The van der Waals surface area contributed by atoms with Gasteiger partial charge in [-0.2, -0.15) is 0 Å². The number of ether oxygens (including phenoxy) is 8. The van der Waals surface area contributed by atoms with Crippen molar-refractivity contribution in [3.8, 4) is 0 Å². The van der Waals surface area contributed by atoms with Gasteiger partial charge in [0.15, 0.2) is 30.2 Å². The number of esters is 4. The normalized spacial score (nSPS) is 32.7. The molecule has 0 bridgehead atoms. The number of carboxylic acid groups (broad SMARTS) is 1. The van der Waals surface area contributed by atoms with Crippen LogP contribution in [0.1, 0.15) is 6.92 Å². The predicted octanol–water partition coefficient (Wildman–Crippen LogP) is -1.43. The lowest BCUT2D eigenvalue weighted by Crippen LogP contribution is -2.36. The van der Waals surface area contributed by atoms with Crippen molar-refractivity contribution in [2.45, 2.75) is 55.8 Å². The number of hydrogen-bond donors (Lipinski definition) is 1. The average molecular weight is 566 g/mol. The van der Waals surface area contributed by atoms with Crippen LogP contribution in [0.2, 0.25) is 0 Å². The molecule has 0 radical (unpaired) electrons. The maximum atomic E-state index is 12.3. The smallest absolute Gasteiger partial charge is 0.331 e. The minimum absolute atomic E-state index is 0.0119. The topological polar surface area (TPSA) is 196 Å². The van der Waals surface area contributed by atoms with E-state index in [0.29, 0.717) is 6.08 Å². The van der Waals surface area contributed by atoms with Gasteiger partial charge in [-0.15, -0.1) is 0 Å². The zero-order valence-electron chi connectivity index (χ0n) is 21.1. The maximum Gasteiger partial charge on any atom is 0.331 e. The highest BCUT2D eigenvalue weighted by Crippen LogP contribution is 2.32. The van der Waals surface area contributed by atoms with E-state index in [1.165, 1.54) is 6.92 Å². The molecule has 0 aliphatic carbocycles. The number of aliphatic carboxylic acids is 1. The molecule has 0 spiro atoms. The quantitative estimate of drug-likeness (QED) is 0.183. The van der Waals surface area contributed by atoms with Crippen molar-refractivity contribution < 1.29 is 71.8 Å². The molecule has 4 aliphatic heterocycles. The van der Waals surface area contributed by atoms with E-state index in [1.807, 2.05) is 0 Å². The Morgan fingerprint density at radius 3 is 1.07 bits per heavy atom. The molecule has 15 heteroatoms. The molecule has 4 saturated heterocycles. The molecule has 0 amide bonds. The summed E-state index contributed by atoms with van der Waals surface area (Å²) in [6.07, 6.45) is -0.804. The number of fused-ring (bicyclic) bond motifs is 2. The molecule has 8 atom stereocenters. The van der Waals surface area contributed by atoms with Crippen LogP contribution in [0.3, 0.4) is 0 Å². The van der Waals surface area contributed by atoms with E-state index in [-0.39, 0.29) is 32.2 Å². The molecule has 4 heterocycles. The monoisotopic (exact) mass is 566 g/mol. The molecule has 4 aliphatic rings. The van der Waals surface area contributed by atoms with Crippen molar-refractivity contribution >= 4 is 35.6 Å². The van der Waals surface area contributed by atoms with Crippen LogP contribution >= 0.6 is 0 Å². The van der Waals surface area contributed by atoms with E-state index in [1.54, 1.807) is 0 Å². The largest absolute Gasteiger partial charge is 0.478 e. The van der Waals surface area contributed by atoms with E-state index < -0.39 is 78.7 Å². The second-order valence-electron chi connectivity index (χ2n) is 9.04. The van der Waals surface area contributed by atoms with Crippen molar-refractivity contribution in [2.24, 2.45) is 0 Å². The number of hydrogen-bond acceptors (Lipinski definition) is 14. The van der Waals surface area contributed by atoms with Crippen LogP contribution in [0.25, 0.3) is 0 Å².